The van der Waals surface area contributed by atoms with Gasteiger partial charge < -0.3 is 16.4 Å². The molecule has 5 rings (SSSR count). The number of anilines is 3. The van der Waals surface area contributed by atoms with Crippen LogP contribution in [0.1, 0.15) is 34.6 Å². The van der Waals surface area contributed by atoms with E-state index >= 15 is 0 Å². The van der Waals surface area contributed by atoms with E-state index in [1.54, 1.807) is 31.2 Å². The number of primary amides is 2. The van der Waals surface area contributed by atoms with Crippen molar-refractivity contribution in [1.82, 2.24) is 0 Å². The largest absolute Gasteiger partial charge is 0.368 e. The number of rotatable bonds is 9. The van der Waals surface area contributed by atoms with Crippen molar-refractivity contribution in [2.24, 2.45) is 11.5 Å². The van der Waals surface area contributed by atoms with E-state index in [2.05, 4.69) is 0 Å². The minimum atomic E-state index is -4.34. The fraction of sp³-hybridized carbons (Fsp3) is 0.176. The lowest BCUT2D eigenvalue weighted by Crippen LogP contribution is -2.54. The van der Waals surface area contributed by atoms with Gasteiger partial charge in [-0.05, 0) is 72.9 Å². The first-order valence-electron chi connectivity index (χ1n) is 14.4. The topological polar surface area (TPSA) is 164 Å². The molecular weight excluding hydrogens is 606 g/mol. The fourth-order valence-corrected chi connectivity index (χ4v) is 7.36. The van der Waals surface area contributed by atoms with E-state index in [0.29, 0.717) is 15.6 Å². The maximum Gasteiger partial charge on any atom is 0.320 e. The molecule has 12 heteroatoms. The normalized spacial score (nSPS) is 16.2. The van der Waals surface area contributed by atoms with E-state index < -0.39 is 46.4 Å². The van der Waals surface area contributed by atoms with Gasteiger partial charge in [0.25, 0.3) is 15.9 Å². The Balaban J connectivity index is 1.66. The van der Waals surface area contributed by atoms with Crippen molar-refractivity contribution in [3.63, 3.8) is 0 Å². The molecule has 4 N–H and O–H groups in total. The van der Waals surface area contributed by atoms with Crippen molar-refractivity contribution in [1.29, 1.82) is 0 Å². The Morgan fingerprint density at radius 1 is 0.891 bits per heavy atom. The second kappa shape index (κ2) is 12.9. The third-order valence-electron chi connectivity index (χ3n) is 8.02. The minimum absolute atomic E-state index is 0.0697. The number of hydrogen-bond acceptors (Lipinski definition) is 6. The van der Waals surface area contributed by atoms with Crippen LogP contribution in [-0.2, 0) is 24.4 Å². The Morgan fingerprint density at radius 3 is 2.22 bits per heavy atom. The number of amides is 5. The first-order chi connectivity index (χ1) is 21.9. The summed E-state index contributed by atoms with van der Waals surface area (Å²) in [5.41, 5.74) is 14.9. The van der Waals surface area contributed by atoms with Gasteiger partial charge >= 0.3 is 6.03 Å². The van der Waals surface area contributed by atoms with Crippen LogP contribution < -0.4 is 25.6 Å². The van der Waals surface area contributed by atoms with Gasteiger partial charge in [-0.15, -0.1) is 0 Å². The average Bonchev–Trinajstić information content (AvgIpc) is 3.12. The molecule has 2 atom stereocenters. The number of nitrogens with zero attached hydrogens (tertiary/aromatic N) is 3. The van der Waals surface area contributed by atoms with E-state index in [-0.39, 0.29) is 29.1 Å². The summed E-state index contributed by atoms with van der Waals surface area (Å²) in [5, 5.41) is 0. The average molecular weight is 640 g/mol. The summed E-state index contributed by atoms with van der Waals surface area (Å²) in [7, 11) is -4.34. The molecule has 5 amide bonds. The van der Waals surface area contributed by atoms with Crippen LogP contribution >= 0.6 is 0 Å². The highest BCUT2D eigenvalue weighted by atomic mass is 32.2. The van der Waals surface area contributed by atoms with Crippen LogP contribution in [0.5, 0.6) is 0 Å². The van der Waals surface area contributed by atoms with Crippen LogP contribution in [-0.4, -0.2) is 45.3 Å². The molecule has 4 aromatic carbocycles. The van der Waals surface area contributed by atoms with Crippen molar-refractivity contribution >= 4 is 51.3 Å². The number of sulfonamides is 1. The van der Waals surface area contributed by atoms with E-state index in [1.807, 2.05) is 49.4 Å². The predicted octanol–water partition coefficient (Wildman–Crippen LogP) is 3.96. The van der Waals surface area contributed by atoms with E-state index in [1.165, 1.54) is 35.2 Å². The van der Waals surface area contributed by atoms with Crippen molar-refractivity contribution in [2.45, 2.75) is 37.1 Å². The molecular formula is C34H33N5O6S. The van der Waals surface area contributed by atoms with Crippen molar-refractivity contribution in [3.05, 3.63) is 119 Å². The first-order valence-corrected chi connectivity index (χ1v) is 15.9. The summed E-state index contributed by atoms with van der Waals surface area (Å²) in [6.07, 6.45) is 0.242. The lowest BCUT2D eigenvalue weighted by atomic mass is 9.85. The minimum Gasteiger partial charge on any atom is -0.368 e. The van der Waals surface area contributed by atoms with Crippen LogP contribution in [0.25, 0.3) is 0 Å². The molecule has 0 bridgehead atoms. The Hall–Kier alpha value is -5.49. The molecule has 236 valence electrons. The summed E-state index contributed by atoms with van der Waals surface area (Å²) < 4.78 is 27.7. The number of benzene rings is 4. The Kier molecular flexibility index (Phi) is 8.92. The molecule has 2 unspecified atom stereocenters. The molecule has 0 spiro atoms. The Bertz CT molecular complexity index is 1930. The predicted molar refractivity (Wildman–Crippen MR) is 175 cm³/mol. The number of nitrogens with two attached hydrogens (primary N) is 2. The lowest BCUT2D eigenvalue weighted by molar-refractivity contribution is -0.123. The van der Waals surface area contributed by atoms with Crippen LogP contribution in [0.3, 0.4) is 0 Å². The molecule has 11 nitrogen and oxygen atoms in total. The summed E-state index contributed by atoms with van der Waals surface area (Å²) >= 11 is 0. The van der Waals surface area contributed by atoms with E-state index in [9.17, 15) is 27.6 Å². The standard InChI is InChI=1S/C34H33N5O6S/c1-22-15-16-27-28(24-10-4-3-5-11-24)19-30(33(42)37(20-32(35)41)29(27)17-22)39(34(36)43)26-13-8-12-25(18-26)38(21-40)46(44,45)31-14-7-6-9-23(31)2/h3-18,21,28,30H,19-20H2,1-2H3,(H2,35,41)(H2,36,43). The molecule has 4 aromatic rings. The quantitative estimate of drug-likeness (QED) is 0.263. The molecule has 1 aliphatic heterocycles. The highest BCUT2D eigenvalue weighted by Gasteiger charge is 2.41. The molecule has 46 heavy (non-hydrogen) atoms. The van der Waals surface area contributed by atoms with Gasteiger partial charge in [0.05, 0.1) is 10.6 Å². The fourth-order valence-electron chi connectivity index (χ4n) is 5.92. The second-order valence-corrected chi connectivity index (χ2v) is 12.9. The molecule has 0 aromatic heterocycles. The highest BCUT2D eigenvalue weighted by molar-refractivity contribution is 7.93. The summed E-state index contributed by atoms with van der Waals surface area (Å²) in [6.45, 7) is 3.02. The van der Waals surface area contributed by atoms with Gasteiger partial charge in [-0.1, -0.05) is 66.7 Å². The van der Waals surface area contributed by atoms with Crippen molar-refractivity contribution < 1.29 is 27.6 Å². The van der Waals surface area contributed by atoms with Gasteiger partial charge in [0.2, 0.25) is 12.3 Å². The zero-order valence-electron chi connectivity index (χ0n) is 25.2. The molecule has 0 aliphatic carbocycles. The Morgan fingerprint density at radius 2 is 1.57 bits per heavy atom. The number of fused-ring (bicyclic) bond motifs is 1. The van der Waals surface area contributed by atoms with Crippen LogP contribution in [0.15, 0.2) is 102 Å². The molecule has 0 fully saturated rings. The third-order valence-corrected chi connectivity index (χ3v) is 9.84. The van der Waals surface area contributed by atoms with Crippen LogP contribution in [0.2, 0.25) is 0 Å². The van der Waals surface area contributed by atoms with Gasteiger partial charge in [0.15, 0.2) is 0 Å². The van der Waals surface area contributed by atoms with Crippen LogP contribution in [0.4, 0.5) is 21.9 Å². The second-order valence-electron chi connectivity index (χ2n) is 11.1. The zero-order valence-corrected chi connectivity index (χ0v) is 26.1. The van der Waals surface area contributed by atoms with Crippen molar-refractivity contribution in [2.75, 3.05) is 20.6 Å². The van der Waals surface area contributed by atoms with Crippen molar-refractivity contribution in [3.8, 4) is 0 Å². The number of urea groups is 1. The number of hydrogen-bond donors (Lipinski definition) is 2. The van der Waals surface area contributed by atoms with Gasteiger partial charge in [-0.3, -0.25) is 19.3 Å². The monoisotopic (exact) mass is 639 g/mol. The summed E-state index contributed by atoms with van der Waals surface area (Å²) in [5.74, 6) is -1.77. The number of aryl methyl sites for hydroxylation is 2. The summed E-state index contributed by atoms with van der Waals surface area (Å²) in [4.78, 5) is 54.5. The maximum absolute atomic E-state index is 14.4. The van der Waals surface area contributed by atoms with E-state index in [0.717, 1.165) is 21.6 Å². The number of carbonyl (C=O) groups excluding carboxylic acids is 4. The maximum atomic E-state index is 14.4. The summed E-state index contributed by atoms with van der Waals surface area (Å²) in [6, 6.07) is 24.6. The Labute approximate surface area is 267 Å². The first kappa shape index (κ1) is 31.9. The van der Waals surface area contributed by atoms with Gasteiger partial charge in [-0.25, -0.2) is 17.5 Å². The zero-order chi connectivity index (χ0) is 33.2. The van der Waals surface area contributed by atoms with E-state index in [4.69, 9.17) is 11.5 Å². The number of carbonyl (C=O) groups is 4. The molecule has 0 saturated heterocycles. The third kappa shape index (κ3) is 6.07. The molecule has 0 saturated carbocycles. The highest BCUT2D eigenvalue weighted by Crippen LogP contribution is 2.42. The van der Waals surface area contributed by atoms with Gasteiger partial charge in [0, 0.05) is 17.3 Å². The van der Waals surface area contributed by atoms with Gasteiger partial charge in [-0.2, -0.15) is 0 Å². The molecule has 1 heterocycles. The molecule has 0 radical (unpaired) electrons. The van der Waals surface area contributed by atoms with Gasteiger partial charge in [0.1, 0.15) is 12.6 Å². The lowest BCUT2D eigenvalue weighted by Gasteiger charge is -2.33. The smallest absolute Gasteiger partial charge is 0.320 e. The SMILES string of the molecule is Cc1ccc2c(c1)N(CC(N)=O)C(=O)C(N(C(N)=O)c1cccc(N(C=O)S(=O)(=O)c3ccccc3C)c1)CC2c1ccccc1. The molecule has 1 aliphatic rings. The van der Waals surface area contributed by atoms with Crippen LogP contribution in [0, 0.1) is 13.8 Å².